The van der Waals surface area contributed by atoms with Gasteiger partial charge in [0.05, 0.1) is 7.11 Å². The maximum atomic E-state index is 12.1. The van der Waals surface area contributed by atoms with Crippen LogP contribution in [0, 0.1) is 20.8 Å². The third-order valence-electron chi connectivity index (χ3n) is 3.66. The van der Waals surface area contributed by atoms with Crippen molar-refractivity contribution in [3.8, 4) is 5.75 Å². The van der Waals surface area contributed by atoms with Gasteiger partial charge >= 0.3 is 0 Å². The molecule has 3 nitrogen and oxygen atoms in total. The minimum absolute atomic E-state index is 0.155. The molecule has 114 valence electrons. The minimum atomic E-state index is -0.155. The zero-order chi connectivity index (χ0) is 16.1. The summed E-state index contributed by atoms with van der Waals surface area (Å²) in [5, 5.41) is 2.91. The molecular weight excluding hydrogens is 274 g/mol. The van der Waals surface area contributed by atoms with E-state index in [0.717, 1.165) is 33.7 Å². The fourth-order valence-electron chi connectivity index (χ4n) is 2.21. The van der Waals surface area contributed by atoms with E-state index in [0.29, 0.717) is 0 Å². The van der Waals surface area contributed by atoms with E-state index < -0.39 is 0 Å². The summed E-state index contributed by atoms with van der Waals surface area (Å²) in [6.45, 7) is 6.03. The number of methoxy groups -OCH3 is 1. The van der Waals surface area contributed by atoms with E-state index in [1.807, 2.05) is 57.2 Å². The summed E-state index contributed by atoms with van der Waals surface area (Å²) >= 11 is 0. The average Bonchev–Trinajstić information content (AvgIpc) is 2.50. The number of anilines is 1. The molecule has 1 N–H and O–H groups in total. The third kappa shape index (κ3) is 3.76. The molecule has 2 rings (SSSR count). The van der Waals surface area contributed by atoms with E-state index in [4.69, 9.17) is 4.74 Å². The van der Waals surface area contributed by atoms with Crippen molar-refractivity contribution in [3.63, 3.8) is 0 Å². The molecule has 0 fully saturated rings. The van der Waals surface area contributed by atoms with E-state index in [1.54, 1.807) is 13.2 Å². The number of nitrogens with one attached hydrogen (secondary N) is 1. The van der Waals surface area contributed by atoms with Crippen LogP contribution in [-0.4, -0.2) is 13.0 Å². The van der Waals surface area contributed by atoms with Crippen molar-refractivity contribution in [2.75, 3.05) is 12.4 Å². The Kier molecular flexibility index (Phi) is 4.99. The van der Waals surface area contributed by atoms with Crippen LogP contribution in [0.1, 0.15) is 22.3 Å². The average molecular weight is 295 g/mol. The Bertz CT molecular complexity index is 717. The van der Waals surface area contributed by atoms with Crippen molar-refractivity contribution in [1.82, 2.24) is 0 Å². The van der Waals surface area contributed by atoms with Crippen LogP contribution < -0.4 is 10.1 Å². The fourth-order valence-corrected chi connectivity index (χ4v) is 2.21. The van der Waals surface area contributed by atoms with Crippen LogP contribution in [0.4, 0.5) is 5.69 Å². The van der Waals surface area contributed by atoms with Gasteiger partial charge in [-0.05, 0) is 56.2 Å². The van der Waals surface area contributed by atoms with E-state index in [-0.39, 0.29) is 5.91 Å². The van der Waals surface area contributed by atoms with Crippen molar-refractivity contribution in [2.45, 2.75) is 20.8 Å². The molecule has 1 amide bonds. The van der Waals surface area contributed by atoms with Crippen LogP contribution >= 0.6 is 0 Å². The Hall–Kier alpha value is -2.55. The van der Waals surface area contributed by atoms with E-state index >= 15 is 0 Å². The Balaban J connectivity index is 2.15. The molecule has 0 heterocycles. The lowest BCUT2D eigenvalue weighted by molar-refractivity contribution is -0.111. The maximum Gasteiger partial charge on any atom is 0.248 e. The number of aryl methyl sites for hydroxylation is 2. The first kappa shape index (κ1) is 15.8. The topological polar surface area (TPSA) is 38.3 Å². The number of hydrogen-bond acceptors (Lipinski definition) is 2. The molecule has 0 atom stereocenters. The van der Waals surface area contributed by atoms with Crippen molar-refractivity contribution in [2.24, 2.45) is 0 Å². The Morgan fingerprint density at radius 1 is 1.14 bits per heavy atom. The van der Waals surface area contributed by atoms with Gasteiger partial charge in [-0.1, -0.05) is 23.8 Å². The van der Waals surface area contributed by atoms with Gasteiger partial charge in [-0.3, -0.25) is 4.79 Å². The molecule has 2 aromatic rings. The second kappa shape index (κ2) is 6.94. The van der Waals surface area contributed by atoms with Crippen molar-refractivity contribution < 1.29 is 9.53 Å². The quantitative estimate of drug-likeness (QED) is 0.855. The van der Waals surface area contributed by atoms with Crippen LogP contribution in [0.5, 0.6) is 5.75 Å². The molecule has 2 aromatic carbocycles. The smallest absolute Gasteiger partial charge is 0.248 e. The Labute approximate surface area is 131 Å². The summed E-state index contributed by atoms with van der Waals surface area (Å²) in [6.07, 6.45) is 3.30. The third-order valence-corrected chi connectivity index (χ3v) is 3.66. The fraction of sp³-hybridized carbons (Fsp3) is 0.211. The molecule has 0 aliphatic rings. The van der Waals surface area contributed by atoms with Gasteiger partial charge in [-0.2, -0.15) is 0 Å². The number of carbonyl (C=O) groups is 1. The van der Waals surface area contributed by atoms with Gasteiger partial charge in [-0.15, -0.1) is 0 Å². The highest BCUT2D eigenvalue weighted by atomic mass is 16.5. The molecule has 0 aliphatic carbocycles. The zero-order valence-electron chi connectivity index (χ0n) is 13.4. The lowest BCUT2D eigenvalue weighted by atomic mass is 10.1. The maximum absolute atomic E-state index is 12.1. The first-order valence-corrected chi connectivity index (χ1v) is 7.21. The molecule has 0 bridgehead atoms. The molecule has 0 radical (unpaired) electrons. The zero-order valence-corrected chi connectivity index (χ0v) is 13.4. The highest BCUT2D eigenvalue weighted by Gasteiger charge is 2.04. The van der Waals surface area contributed by atoms with E-state index in [9.17, 15) is 4.79 Å². The normalized spacial score (nSPS) is 10.7. The molecule has 0 spiro atoms. The molecule has 0 saturated heterocycles. The van der Waals surface area contributed by atoms with Gasteiger partial charge in [0.25, 0.3) is 0 Å². The second-order valence-corrected chi connectivity index (χ2v) is 5.32. The molecule has 22 heavy (non-hydrogen) atoms. The van der Waals surface area contributed by atoms with Crippen LogP contribution in [-0.2, 0) is 4.79 Å². The summed E-state index contributed by atoms with van der Waals surface area (Å²) in [5.41, 5.74) is 5.08. The number of ether oxygens (including phenoxy) is 1. The Morgan fingerprint density at radius 3 is 2.64 bits per heavy atom. The first-order valence-electron chi connectivity index (χ1n) is 7.21. The largest absolute Gasteiger partial charge is 0.496 e. The number of rotatable bonds is 4. The predicted molar refractivity (Wildman–Crippen MR) is 91.3 cm³/mol. The SMILES string of the molecule is COc1ccc(C)cc1/C=C/C(=O)Nc1cccc(C)c1C. The van der Waals surface area contributed by atoms with Crippen molar-refractivity contribution in [3.05, 3.63) is 64.7 Å². The van der Waals surface area contributed by atoms with Gasteiger partial charge in [0.2, 0.25) is 5.91 Å². The van der Waals surface area contributed by atoms with Gasteiger partial charge in [0, 0.05) is 17.3 Å². The van der Waals surface area contributed by atoms with Crippen LogP contribution in [0.15, 0.2) is 42.5 Å². The minimum Gasteiger partial charge on any atom is -0.496 e. The summed E-state index contributed by atoms with van der Waals surface area (Å²) in [5.74, 6) is 0.596. The number of amides is 1. The molecule has 0 aliphatic heterocycles. The first-order chi connectivity index (χ1) is 10.5. The van der Waals surface area contributed by atoms with Crippen LogP contribution in [0.2, 0.25) is 0 Å². The number of benzene rings is 2. The van der Waals surface area contributed by atoms with Gasteiger partial charge in [-0.25, -0.2) is 0 Å². The van der Waals surface area contributed by atoms with Crippen LogP contribution in [0.25, 0.3) is 6.08 Å². The van der Waals surface area contributed by atoms with Crippen LogP contribution in [0.3, 0.4) is 0 Å². The van der Waals surface area contributed by atoms with E-state index in [2.05, 4.69) is 5.32 Å². The summed E-state index contributed by atoms with van der Waals surface area (Å²) in [6, 6.07) is 11.7. The van der Waals surface area contributed by atoms with E-state index in [1.165, 1.54) is 6.08 Å². The number of hydrogen-bond donors (Lipinski definition) is 1. The van der Waals surface area contributed by atoms with Crippen molar-refractivity contribution in [1.29, 1.82) is 0 Å². The molecule has 3 heteroatoms. The molecular formula is C19H21NO2. The van der Waals surface area contributed by atoms with Gasteiger partial charge in [0.15, 0.2) is 0 Å². The second-order valence-electron chi connectivity index (χ2n) is 5.32. The molecule has 0 unspecified atom stereocenters. The monoisotopic (exact) mass is 295 g/mol. The summed E-state index contributed by atoms with van der Waals surface area (Å²) in [7, 11) is 1.62. The summed E-state index contributed by atoms with van der Waals surface area (Å²) in [4.78, 5) is 12.1. The lowest BCUT2D eigenvalue weighted by Gasteiger charge is -2.09. The number of carbonyl (C=O) groups excluding carboxylic acids is 1. The van der Waals surface area contributed by atoms with Gasteiger partial charge < -0.3 is 10.1 Å². The highest BCUT2D eigenvalue weighted by molar-refractivity contribution is 6.02. The standard InChI is InChI=1S/C19H21NO2/c1-13-8-10-18(22-4)16(12-13)9-11-19(21)20-17-7-5-6-14(2)15(17)3/h5-12H,1-4H3,(H,20,21)/b11-9+. The molecule has 0 aromatic heterocycles. The summed E-state index contributed by atoms with van der Waals surface area (Å²) < 4.78 is 5.30. The highest BCUT2D eigenvalue weighted by Crippen LogP contribution is 2.21. The molecule has 0 saturated carbocycles. The van der Waals surface area contributed by atoms with Crippen molar-refractivity contribution >= 4 is 17.7 Å². The lowest BCUT2D eigenvalue weighted by Crippen LogP contribution is -2.09. The Morgan fingerprint density at radius 2 is 1.91 bits per heavy atom. The predicted octanol–water partition coefficient (Wildman–Crippen LogP) is 4.27. The van der Waals surface area contributed by atoms with Gasteiger partial charge in [0.1, 0.15) is 5.75 Å².